The van der Waals surface area contributed by atoms with Gasteiger partial charge in [-0.25, -0.2) is 0 Å². The molecule has 0 saturated carbocycles. The van der Waals surface area contributed by atoms with Gasteiger partial charge in [0.05, 0.1) is 0 Å². The second-order valence-corrected chi connectivity index (χ2v) is 7.30. The van der Waals surface area contributed by atoms with Crippen molar-refractivity contribution in [1.82, 2.24) is 9.80 Å². The van der Waals surface area contributed by atoms with Crippen LogP contribution < -0.4 is 4.74 Å². The van der Waals surface area contributed by atoms with E-state index >= 15 is 0 Å². The Morgan fingerprint density at radius 3 is 2.24 bits per heavy atom. The van der Waals surface area contributed by atoms with Gasteiger partial charge in [-0.1, -0.05) is 54.1 Å². The molecule has 5 nitrogen and oxygen atoms in total. The van der Waals surface area contributed by atoms with Gasteiger partial charge in [0.25, 0.3) is 11.8 Å². The minimum Gasteiger partial charge on any atom is -0.484 e. The van der Waals surface area contributed by atoms with Gasteiger partial charge in [-0.2, -0.15) is 0 Å². The first kappa shape index (κ1) is 19.0. The topological polar surface area (TPSA) is 49.9 Å². The van der Waals surface area contributed by atoms with Gasteiger partial charge >= 0.3 is 0 Å². The maximum atomic E-state index is 13.0. The fraction of sp³-hybridized carbons (Fsp3) is 0.250. The molecule has 0 bridgehead atoms. The van der Waals surface area contributed by atoms with Crippen LogP contribution >= 0.6 is 0 Å². The predicted octanol–water partition coefficient (Wildman–Crippen LogP) is 3.51. The molecule has 1 fully saturated rings. The molecular weight excluding hydrogens is 364 g/mol. The maximum absolute atomic E-state index is 13.0. The largest absolute Gasteiger partial charge is 0.484 e. The third-order valence-corrected chi connectivity index (χ3v) is 5.32. The lowest BCUT2D eigenvalue weighted by Crippen LogP contribution is -2.51. The lowest BCUT2D eigenvalue weighted by atomic mass is 10.0. The molecule has 0 atom stereocenters. The van der Waals surface area contributed by atoms with Crippen LogP contribution in [0.25, 0.3) is 10.8 Å². The van der Waals surface area contributed by atoms with Gasteiger partial charge in [0.15, 0.2) is 6.61 Å². The molecule has 3 aromatic carbocycles. The maximum Gasteiger partial charge on any atom is 0.260 e. The molecule has 29 heavy (non-hydrogen) atoms. The van der Waals surface area contributed by atoms with Gasteiger partial charge in [0.1, 0.15) is 5.75 Å². The van der Waals surface area contributed by atoms with Gasteiger partial charge in [-0.05, 0) is 35.9 Å². The van der Waals surface area contributed by atoms with Crippen LogP contribution in [0.4, 0.5) is 0 Å². The highest BCUT2D eigenvalue weighted by Crippen LogP contribution is 2.21. The number of aryl methyl sites for hydroxylation is 1. The molecule has 1 aliphatic heterocycles. The summed E-state index contributed by atoms with van der Waals surface area (Å²) in [5, 5.41) is 2.02. The standard InChI is InChI=1S/C24H24N2O3/c1-18-9-11-20(12-10-18)29-17-23(27)25-13-15-26(16-14-25)24(28)22-8-4-6-19-5-2-3-7-21(19)22/h2-12H,13-17H2,1H3. The number of amides is 2. The molecule has 0 aliphatic carbocycles. The van der Waals surface area contributed by atoms with Crippen molar-refractivity contribution in [3.05, 3.63) is 77.9 Å². The van der Waals surface area contributed by atoms with Crippen molar-refractivity contribution >= 4 is 22.6 Å². The molecule has 1 aliphatic rings. The van der Waals surface area contributed by atoms with Crippen molar-refractivity contribution in [2.24, 2.45) is 0 Å². The second kappa shape index (κ2) is 8.35. The van der Waals surface area contributed by atoms with Crippen LogP contribution in [0.15, 0.2) is 66.7 Å². The highest BCUT2D eigenvalue weighted by atomic mass is 16.5. The fourth-order valence-corrected chi connectivity index (χ4v) is 3.61. The molecule has 1 heterocycles. The molecule has 148 valence electrons. The number of rotatable bonds is 4. The zero-order chi connectivity index (χ0) is 20.2. The Kier molecular flexibility index (Phi) is 5.47. The Morgan fingerprint density at radius 2 is 1.48 bits per heavy atom. The Labute approximate surface area is 170 Å². The van der Waals surface area contributed by atoms with Crippen molar-refractivity contribution in [2.75, 3.05) is 32.8 Å². The Hall–Kier alpha value is -3.34. The number of nitrogens with zero attached hydrogens (tertiary/aromatic N) is 2. The van der Waals surface area contributed by atoms with Gasteiger partial charge in [0.2, 0.25) is 0 Å². The summed E-state index contributed by atoms with van der Waals surface area (Å²) in [6.07, 6.45) is 0. The van der Waals surface area contributed by atoms with E-state index in [4.69, 9.17) is 4.74 Å². The zero-order valence-corrected chi connectivity index (χ0v) is 16.5. The first-order valence-electron chi connectivity index (χ1n) is 9.86. The van der Waals surface area contributed by atoms with Crippen molar-refractivity contribution in [1.29, 1.82) is 0 Å². The fourth-order valence-electron chi connectivity index (χ4n) is 3.61. The third-order valence-electron chi connectivity index (χ3n) is 5.32. The summed E-state index contributed by atoms with van der Waals surface area (Å²) in [5.74, 6) is 0.654. The quantitative estimate of drug-likeness (QED) is 0.687. The SMILES string of the molecule is Cc1ccc(OCC(=O)N2CCN(C(=O)c3cccc4ccccc34)CC2)cc1. The van der Waals surface area contributed by atoms with E-state index < -0.39 is 0 Å². The Morgan fingerprint density at radius 1 is 0.828 bits per heavy atom. The van der Waals surface area contributed by atoms with E-state index in [0.717, 1.165) is 16.3 Å². The van der Waals surface area contributed by atoms with E-state index in [1.165, 1.54) is 0 Å². The number of benzene rings is 3. The summed E-state index contributed by atoms with van der Waals surface area (Å²) in [5.41, 5.74) is 1.86. The van der Waals surface area contributed by atoms with Crippen LogP contribution in [-0.4, -0.2) is 54.4 Å². The number of carbonyl (C=O) groups is 2. The van der Waals surface area contributed by atoms with E-state index in [9.17, 15) is 9.59 Å². The number of carbonyl (C=O) groups excluding carboxylic acids is 2. The second-order valence-electron chi connectivity index (χ2n) is 7.30. The summed E-state index contributed by atoms with van der Waals surface area (Å²) in [4.78, 5) is 29.1. The third kappa shape index (κ3) is 4.24. The molecule has 4 rings (SSSR count). The van der Waals surface area contributed by atoms with E-state index in [1.807, 2.05) is 78.6 Å². The van der Waals surface area contributed by atoms with Crippen LogP contribution in [0.2, 0.25) is 0 Å². The van der Waals surface area contributed by atoms with E-state index in [0.29, 0.717) is 37.5 Å². The Balaban J connectivity index is 1.34. The van der Waals surface area contributed by atoms with Gasteiger partial charge in [-0.3, -0.25) is 9.59 Å². The van der Waals surface area contributed by atoms with Gasteiger partial charge in [0, 0.05) is 31.7 Å². The average molecular weight is 388 g/mol. The first-order valence-corrected chi connectivity index (χ1v) is 9.86. The highest BCUT2D eigenvalue weighted by molar-refractivity contribution is 6.07. The predicted molar refractivity (Wildman–Crippen MR) is 113 cm³/mol. The van der Waals surface area contributed by atoms with Crippen molar-refractivity contribution in [3.63, 3.8) is 0 Å². The molecule has 1 saturated heterocycles. The van der Waals surface area contributed by atoms with Gasteiger partial charge in [-0.15, -0.1) is 0 Å². The number of piperazine rings is 1. The zero-order valence-electron chi connectivity index (χ0n) is 16.5. The van der Waals surface area contributed by atoms with Gasteiger partial charge < -0.3 is 14.5 Å². The summed E-state index contributed by atoms with van der Waals surface area (Å²) in [7, 11) is 0. The number of hydrogen-bond donors (Lipinski definition) is 0. The van der Waals surface area contributed by atoms with Crippen molar-refractivity contribution < 1.29 is 14.3 Å². The van der Waals surface area contributed by atoms with Crippen molar-refractivity contribution in [2.45, 2.75) is 6.92 Å². The molecule has 3 aromatic rings. The van der Waals surface area contributed by atoms with Crippen LogP contribution in [0.3, 0.4) is 0 Å². The average Bonchev–Trinajstić information content (AvgIpc) is 2.78. The number of ether oxygens (including phenoxy) is 1. The van der Waals surface area contributed by atoms with Crippen LogP contribution in [0.5, 0.6) is 5.75 Å². The van der Waals surface area contributed by atoms with E-state index in [1.54, 1.807) is 4.90 Å². The first-order chi connectivity index (χ1) is 14.1. The van der Waals surface area contributed by atoms with Crippen LogP contribution in [0, 0.1) is 6.92 Å². The Bertz CT molecular complexity index is 1020. The van der Waals surface area contributed by atoms with Crippen LogP contribution in [0.1, 0.15) is 15.9 Å². The van der Waals surface area contributed by atoms with E-state index in [-0.39, 0.29) is 18.4 Å². The lowest BCUT2D eigenvalue weighted by molar-refractivity contribution is -0.134. The van der Waals surface area contributed by atoms with Crippen molar-refractivity contribution in [3.8, 4) is 5.75 Å². The molecule has 0 unspecified atom stereocenters. The number of hydrogen-bond acceptors (Lipinski definition) is 3. The molecule has 0 spiro atoms. The molecule has 2 amide bonds. The van der Waals surface area contributed by atoms with E-state index in [2.05, 4.69) is 0 Å². The monoisotopic (exact) mass is 388 g/mol. The normalized spacial score (nSPS) is 14.1. The summed E-state index contributed by atoms with van der Waals surface area (Å²) in [6, 6.07) is 21.3. The highest BCUT2D eigenvalue weighted by Gasteiger charge is 2.25. The number of fused-ring (bicyclic) bond motifs is 1. The smallest absolute Gasteiger partial charge is 0.260 e. The molecular formula is C24H24N2O3. The molecule has 0 radical (unpaired) electrons. The summed E-state index contributed by atoms with van der Waals surface area (Å²) < 4.78 is 5.60. The minimum absolute atomic E-state index is 0.0142. The summed E-state index contributed by atoms with van der Waals surface area (Å²) in [6.45, 7) is 4.12. The summed E-state index contributed by atoms with van der Waals surface area (Å²) >= 11 is 0. The van der Waals surface area contributed by atoms with Crippen LogP contribution in [-0.2, 0) is 4.79 Å². The lowest BCUT2D eigenvalue weighted by Gasteiger charge is -2.35. The molecule has 0 N–H and O–H groups in total. The minimum atomic E-state index is -0.0529. The molecule has 5 heteroatoms. The molecule has 0 aromatic heterocycles.